The van der Waals surface area contributed by atoms with Gasteiger partial charge in [0.15, 0.2) is 0 Å². The average molecular weight is 250 g/mol. The first-order chi connectivity index (χ1) is 8.52. The molecule has 0 aliphatic rings. The molecule has 18 heavy (non-hydrogen) atoms. The van der Waals surface area contributed by atoms with Crippen molar-refractivity contribution < 1.29 is 4.79 Å². The molecule has 1 amide bonds. The van der Waals surface area contributed by atoms with E-state index in [0.29, 0.717) is 12.5 Å². The number of pyridine rings is 1. The summed E-state index contributed by atoms with van der Waals surface area (Å²) in [4.78, 5) is 17.7. The van der Waals surface area contributed by atoms with Crippen LogP contribution in [0.3, 0.4) is 0 Å². The fourth-order valence-electron chi connectivity index (χ4n) is 1.73. The number of hydrazine groups is 1. The molecule has 0 aliphatic carbocycles. The fourth-order valence-corrected chi connectivity index (χ4v) is 1.73. The van der Waals surface area contributed by atoms with E-state index in [-0.39, 0.29) is 5.91 Å². The van der Waals surface area contributed by atoms with Gasteiger partial charge in [-0.25, -0.2) is 5.84 Å². The third-order valence-electron chi connectivity index (χ3n) is 3.06. The first-order valence-electron chi connectivity index (χ1n) is 6.15. The number of carbonyl (C=O) groups excluding carboxylic acids is 1. The molecule has 1 aromatic heterocycles. The number of amides is 1. The second-order valence-corrected chi connectivity index (χ2v) is 4.64. The van der Waals surface area contributed by atoms with Gasteiger partial charge in [0.1, 0.15) is 0 Å². The molecule has 1 aromatic rings. The second kappa shape index (κ2) is 7.08. The lowest BCUT2D eigenvalue weighted by atomic mass is 10.1. The highest BCUT2D eigenvalue weighted by Gasteiger charge is 2.12. The Labute approximate surface area is 108 Å². The molecule has 5 heteroatoms. The minimum absolute atomic E-state index is 0.121. The van der Waals surface area contributed by atoms with E-state index >= 15 is 0 Å². The molecule has 5 nitrogen and oxygen atoms in total. The number of carbonyl (C=O) groups is 1. The normalized spacial score (nSPS) is 12.5. The van der Waals surface area contributed by atoms with Crippen molar-refractivity contribution in [1.82, 2.24) is 15.3 Å². The van der Waals surface area contributed by atoms with E-state index in [2.05, 4.69) is 22.2 Å². The maximum absolute atomic E-state index is 11.1. The van der Waals surface area contributed by atoms with Gasteiger partial charge in [-0.3, -0.25) is 20.1 Å². The molecule has 1 atom stereocenters. The lowest BCUT2D eigenvalue weighted by Crippen LogP contribution is -2.33. The molecule has 3 N–H and O–H groups in total. The quantitative estimate of drug-likeness (QED) is 0.448. The average Bonchev–Trinajstić information content (AvgIpc) is 2.35. The number of nitrogens with two attached hydrogens (primary N) is 1. The lowest BCUT2D eigenvalue weighted by Gasteiger charge is -2.24. The summed E-state index contributed by atoms with van der Waals surface area (Å²) in [6.07, 6.45) is 1.23. The summed E-state index contributed by atoms with van der Waals surface area (Å²) < 4.78 is 0. The van der Waals surface area contributed by atoms with Gasteiger partial charge in [0.2, 0.25) is 5.91 Å². The van der Waals surface area contributed by atoms with E-state index in [1.807, 2.05) is 32.2 Å². The van der Waals surface area contributed by atoms with E-state index in [1.54, 1.807) is 0 Å². The van der Waals surface area contributed by atoms with Crippen molar-refractivity contribution >= 4 is 5.91 Å². The number of hydrogen-bond acceptors (Lipinski definition) is 4. The van der Waals surface area contributed by atoms with Crippen molar-refractivity contribution in [2.45, 2.75) is 39.3 Å². The SMILES string of the molecule is Cc1cccc(CN(C)C(C)CCC(=O)NN)n1. The molecule has 0 saturated heterocycles. The predicted molar refractivity (Wildman–Crippen MR) is 71.5 cm³/mol. The van der Waals surface area contributed by atoms with Gasteiger partial charge in [-0.05, 0) is 39.4 Å². The Morgan fingerprint density at radius 1 is 1.56 bits per heavy atom. The molecule has 0 aliphatic heterocycles. The minimum Gasteiger partial charge on any atom is -0.298 e. The van der Waals surface area contributed by atoms with Gasteiger partial charge in [0.05, 0.1) is 5.69 Å². The first kappa shape index (κ1) is 14.6. The van der Waals surface area contributed by atoms with Crippen molar-refractivity contribution in [1.29, 1.82) is 0 Å². The molecule has 0 spiro atoms. The van der Waals surface area contributed by atoms with Crippen molar-refractivity contribution in [3.8, 4) is 0 Å². The van der Waals surface area contributed by atoms with Gasteiger partial charge in [-0.1, -0.05) is 6.07 Å². The Morgan fingerprint density at radius 2 is 2.28 bits per heavy atom. The van der Waals surface area contributed by atoms with Crippen LogP contribution in [0.2, 0.25) is 0 Å². The van der Waals surface area contributed by atoms with Crippen molar-refractivity contribution in [3.63, 3.8) is 0 Å². The van der Waals surface area contributed by atoms with Crippen molar-refractivity contribution in [2.24, 2.45) is 5.84 Å². The molecule has 0 bridgehead atoms. The number of nitrogens with one attached hydrogen (secondary N) is 1. The van der Waals surface area contributed by atoms with Crippen molar-refractivity contribution in [3.05, 3.63) is 29.6 Å². The number of hydrogen-bond donors (Lipinski definition) is 2. The first-order valence-corrected chi connectivity index (χ1v) is 6.15. The zero-order valence-electron chi connectivity index (χ0n) is 11.3. The molecular weight excluding hydrogens is 228 g/mol. The van der Waals surface area contributed by atoms with Gasteiger partial charge >= 0.3 is 0 Å². The number of aromatic nitrogens is 1. The van der Waals surface area contributed by atoms with E-state index in [0.717, 1.165) is 24.4 Å². The molecule has 0 saturated carbocycles. The molecule has 0 fully saturated rings. The predicted octanol–water partition coefficient (Wildman–Crippen LogP) is 0.980. The zero-order chi connectivity index (χ0) is 13.5. The van der Waals surface area contributed by atoms with Crippen LogP contribution in [0, 0.1) is 6.92 Å². The van der Waals surface area contributed by atoms with Crippen LogP contribution < -0.4 is 11.3 Å². The Balaban J connectivity index is 2.44. The van der Waals surface area contributed by atoms with Crippen LogP contribution in [0.15, 0.2) is 18.2 Å². The summed E-state index contributed by atoms with van der Waals surface area (Å²) >= 11 is 0. The summed E-state index contributed by atoms with van der Waals surface area (Å²) in [5, 5.41) is 0. The summed E-state index contributed by atoms with van der Waals surface area (Å²) in [5.41, 5.74) is 4.22. The number of aryl methyl sites for hydroxylation is 1. The third-order valence-corrected chi connectivity index (χ3v) is 3.06. The van der Waals surface area contributed by atoms with Gasteiger partial charge in [-0.2, -0.15) is 0 Å². The van der Waals surface area contributed by atoms with Crippen LogP contribution >= 0.6 is 0 Å². The molecule has 0 aromatic carbocycles. The zero-order valence-corrected chi connectivity index (χ0v) is 11.3. The molecule has 1 heterocycles. The maximum Gasteiger partial charge on any atom is 0.233 e. The topological polar surface area (TPSA) is 71.2 Å². The Bertz CT molecular complexity index is 394. The largest absolute Gasteiger partial charge is 0.298 e. The Morgan fingerprint density at radius 3 is 2.89 bits per heavy atom. The lowest BCUT2D eigenvalue weighted by molar-refractivity contribution is -0.121. The van der Waals surface area contributed by atoms with Crippen LogP contribution in [0.5, 0.6) is 0 Å². The summed E-state index contributed by atoms with van der Waals surface area (Å²) in [7, 11) is 2.04. The highest BCUT2D eigenvalue weighted by molar-refractivity contribution is 5.75. The van der Waals surface area contributed by atoms with Crippen LogP contribution in [-0.2, 0) is 11.3 Å². The highest BCUT2D eigenvalue weighted by Crippen LogP contribution is 2.09. The summed E-state index contributed by atoms with van der Waals surface area (Å²) in [6, 6.07) is 6.32. The Hall–Kier alpha value is -1.46. The van der Waals surface area contributed by atoms with Crippen LogP contribution in [-0.4, -0.2) is 28.9 Å². The molecule has 100 valence electrons. The highest BCUT2D eigenvalue weighted by atomic mass is 16.2. The van der Waals surface area contributed by atoms with Gasteiger partial charge < -0.3 is 0 Å². The molecule has 0 radical (unpaired) electrons. The molecular formula is C13H22N4O. The third kappa shape index (κ3) is 4.81. The van der Waals surface area contributed by atoms with Crippen LogP contribution in [0.25, 0.3) is 0 Å². The summed E-state index contributed by atoms with van der Waals surface area (Å²) in [6.45, 7) is 4.87. The fraction of sp³-hybridized carbons (Fsp3) is 0.538. The van der Waals surface area contributed by atoms with E-state index < -0.39 is 0 Å². The van der Waals surface area contributed by atoms with E-state index in [9.17, 15) is 4.79 Å². The number of nitrogens with zero attached hydrogens (tertiary/aromatic N) is 2. The second-order valence-electron chi connectivity index (χ2n) is 4.64. The smallest absolute Gasteiger partial charge is 0.233 e. The molecule has 1 rings (SSSR count). The van der Waals surface area contributed by atoms with Crippen LogP contribution in [0.1, 0.15) is 31.2 Å². The molecule has 1 unspecified atom stereocenters. The number of rotatable bonds is 6. The van der Waals surface area contributed by atoms with Gasteiger partial charge in [0.25, 0.3) is 0 Å². The maximum atomic E-state index is 11.1. The standard InChI is InChI=1S/C13H22N4O/c1-10-5-4-6-12(15-10)9-17(3)11(2)7-8-13(18)16-14/h4-6,11H,7-9,14H2,1-3H3,(H,16,18). The van der Waals surface area contributed by atoms with E-state index in [1.165, 1.54) is 0 Å². The van der Waals surface area contributed by atoms with Crippen LogP contribution in [0.4, 0.5) is 0 Å². The van der Waals surface area contributed by atoms with E-state index in [4.69, 9.17) is 5.84 Å². The van der Waals surface area contributed by atoms with Gasteiger partial charge in [0, 0.05) is 24.7 Å². The van der Waals surface area contributed by atoms with Gasteiger partial charge in [-0.15, -0.1) is 0 Å². The Kier molecular flexibility index (Phi) is 5.74. The summed E-state index contributed by atoms with van der Waals surface area (Å²) in [5.74, 6) is 4.93. The minimum atomic E-state index is -0.121. The monoisotopic (exact) mass is 250 g/mol. The van der Waals surface area contributed by atoms with Crippen molar-refractivity contribution in [2.75, 3.05) is 7.05 Å².